The third-order valence-corrected chi connectivity index (χ3v) is 4.95. The zero-order chi connectivity index (χ0) is 21.2. The molecule has 7 heteroatoms. The van der Waals surface area contributed by atoms with E-state index >= 15 is 0 Å². The van der Waals surface area contributed by atoms with Crippen LogP contribution in [0.2, 0.25) is 0 Å². The van der Waals surface area contributed by atoms with Crippen LogP contribution in [0.1, 0.15) is 5.76 Å². The molecular weight excluding hydrogens is 392 g/mol. The summed E-state index contributed by atoms with van der Waals surface area (Å²) in [6, 6.07) is 25.6. The fourth-order valence-electron chi connectivity index (χ4n) is 3.45. The Kier molecular flexibility index (Phi) is 4.61. The van der Waals surface area contributed by atoms with E-state index in [2.05, 4.69) is 10.5 Å². The Labute approximate surface area is 176 Å². The Morgan fingerprint density at radius 2 is 1.52 bits per heavy atom. The van der Waals surface area contributed by atoms with Gasteiger partial charge >= 0.3 is 0 Å². The number of nitrogens with zero attached hydrogens (tertiary/aromatic N) is 3. The molecule has 3 aromatic carbocycles. The van der Waals surface area contributed by atoms with E-state index in [4.69, 9.17) is 9.40 Å². The quantitative estimate of drug-likeness (QED) is 0.167. The second kappa shape index (κ2) is 7.72. The van der Waals surface area contributed by atoms with Crippen LogP contribution in [0.5, 0.6) is 0 Å². The number of hydrazone groups is 1. The number of rotatable bonds is 5. The van der Waals surface area contributed by atoms with Gasteiger partial charge in [0.25, 0.3) is 5.69 Å². The molecule has 0 aliphatic rings. The summed E-state index contributed by atoms with van der Waals surface area (Å²) in [4.78, 5) is 15.1. The molecule has 0 atom stereocenters. The molecule has 2 aromatic heterocycles. The normalized spacial score (nSPS) is 11.4. The van der Waals surface area contributed by atoms with Crippen molar-refractivity contribution in [3.05, 3.63) is 101 Å². The lowest BCUT2D eigenvalue weighted by Crippen LogP contribution is -1.94. The summed E-state index contributed by atoms with van der Waals surface area (Å²) in [6.07, 6.45) is 1.60. The lowest BCUT2D eigenvalue weighted by Gasteiger charge is -2.09. The lowest BCUT2D eigenvalue weighted by atomic mass is 10.1. The van der Waals surface area contributed by atoms with Gasteiger partial charge in [0.1, 0.15) is 11.5 Å². The van der Waals surface area contributed by atoms with E-state index in [1.54, 1.807) is 30.5 Å². The van der Waals surface area contributed by atoms with Crippen LogP contribution in [0.15, 0.2) is 94.4 Å². The van der Waals surface area contributed by atoms with Crippen LogP contribution >= 0.6 is 0 Å². The number of fused-ring (bicyclic) bond motifs is 2. The summed E-state index contributed by atoms with van der Waals surface area (Å²) in [6.45, 7) is 0. The van der Waals surface area contributed by atoms with E-state index in [-0.39, 0.29) is 5.69 Å². The van der Waals surface area contributed by atoms with Gasteiger partial charge in [0.2, 0.25) is 0 Å². The number of anilines is 1. The maximum absolute atomic E-state index is 10.8. The maximum Gasteiger partial charge on any atom is 0.269 e. The topological polar surface area (TPSA) is 93.6 Å². The number of nitro benzene ring substituents is 1. The number of hydrogen-bond acceptors (Lipinski definition) is 6. The minimum Gasteiger partial charge on any atom is -0.455 e. The van der Waals surface area contributed by atoms with Gasteiger partial charge in [-0.2, -0.15) is 5.10 Å². The average Bonchev–Trinajstić information content (AvgIpc) is 3.27. The first kappa shape index (κ1) is 18.5. The van der Waals surface area contributed by atoms with Crippen LogP contribution in [-0.2, 0) is 0 Å². The summed E-state index contributed by atoms with van der Waals surface area (Å²) in [7, 11) is 0. The Bertz CT molecular complexity index is 1380. The van der Waals surface area contributed by atoms with Gasteiger partial charge in [0, 0.05) is 28.5 Å². The van der Waals surface area contributed by atoms with Crippen molar-refractivity contribution in [2.75, 3.05) is 5.43 Å². The van der Waals surface area contributed by atoms with Crippen molar-refractivity contribution in [3.63, 3.8) is 0 Å². The van der Waals surface area contributed by atoms with Gasteiger partial charge in [-0.1, -0.05) is 36.4 Å². The predicted octanol–water partition coefficient (Wildman–Crippen LogP) is 6.00. The fourth-order valence-corrected chi connectivity index (χ4v) is 3.45. The number of para-hydroxylation sites is 2. The average molecular weight is 408 g/mol. The van der Waals surface area contributed by atoms with E-state index < -0.39 is 4.92 Å². The van der Waals surface area contributed by atoms with Crippen LogP contribution < -0.4 is 5.43 Å². The molecule has 31 heavy (non-hydrogen) atoms. The second-order valence-corrected chi connectivity index (χ2v) is 6.90. The molecule has 0 unspecified atom stereocenters. The third kappa shape index (κ3) is 3.60. The molecule has 0 amide bonds. The van der Waals surface area contributed by atoms with Crippen LogP contribution in [0, 0.1) is 10.1 Å². The van der Waals surface area contributed by atoms with Crippen LogP contribution in [0.4, 0.5) is 11.4 Å². The largest absolute Gasteiger partial charge is 0.455 e. The van der Waals surface area contributed by atoms with Crippen LogP contribution in [0.25, 0.3) is 33.1 Å². The fraction of sp³-hybridized carbons (Fsp3) is 0. The molecule has 0 radical (unpaired) electrons. The van der Waals surface area contributed by atoms with Crippen molar-refractivity contribution >= 4 is 39.4 Å². The number of furan rings is 1. The molecule has 150 valence electrons. The molecule has 0 fully saturated rings. The highest BCUT2D eigenvalue weighted by Crippen LogP contribution is 2.30. The minimum atomic E-state index is -0.428. The van der Waals surface area contributed by atoms with Gasteiger partial charge in [0.15, 0.2) is 0 Å². The van der Waals surface area contributed by atoms with Crippen molar-refractivity contribution < 1.29 is 9.34 Å². The third-order valence-electron chi connectivity index (χ3n) is 4.95. The van der Waals surface area contributed by atoms with E-state index in [1.165, 1.54) is 12.1 Å². The maximum atomic E-state index is 10.8. The molecule has 0 saturated heterocycles. The van der Waals surface area contributed by atoms with Gasteiger partial charge in [0.05, 0.1) is 27.9 Å². The van der Waals surface area contributed by atoms with E-state index in [0.717, 1.165) is 33.1 Å². The number of benzene rings is 3. The van der Waals surface area contributed by atoms with Gasteiger partial charge in [-0.3, -0.25) is 15.5 Å². The number of pyridine rings is 1. The van der Waals surface area contributed by atoms with Crippen molar-refractivity contribution in [1.82, 2.24) is 4.98 Å². The molecular formula is C24H16N4O3. The molecule has 0 bridgehead atoms. The molecule has 0 aliphatic carbocycles. The molecule has 5 aromatic rings. The van der Waals surface area contributed by atoms with Crippen molar-refractivity contribution in [1.29, 1.82) is 0 Å². The number of nitrogens with one attached hydrogen (secondary N) is 1. The van der Waals surface area contributed by atoms with E-state index in [9.17, 15) is 10.1 Å². The SMILES string of the molecule is O=[N+]([O-])c1ccc(-c2ccc(/C=N/Nc3c4ccccc4nc4ccccc34)o2)cc1. The molecule has 2 heterocycles. The Balaban J connectivity index is 1.42. The minimum absolute atomic E-state index is 0.0399. The predicted molar refractivity (Wildman–Crippen MR) is 121 cm³/mol. The Morgan fingerprint density at radius 1 is 0.871 bits per heavy atom. The van der Waals surface area contributed by atoms with Crippen molar-refractivity contribution in [2.24, 2.45) is 5.10 Å². The smallest absolute Gasteiger partial charge is 0.269 e. The molecule has 5 rings (SSSR count). The zero-order valence-corrected chi connectivity index (χ0v) is 16.2. The molecule has 0 spiro atoms. The highest BCUT2D eigenvalue weighted by molar-refractivity contribution is 6.07. The van der Waals surface area contributed by atoms with Gasteiger partial charge < -0.3 is 4.42 Å². The summed E-state index contributed by atoms with van der Waals surface area (Å²) in [5.41, 5.74) is 6.58. The summed E-state index contributed by atoms with van der Waals surface area (Å²) in [5.74, 6) is 1.17. The first-order chi connectivity index (χ1) is 15.2. The lowest BCUT2D eigenvalue weighted by molar-refractivity contribution is -0.384. The molecule has 0 aliphatic heterocycles. The van der Waals surface area contributed by atoms with Gasteiger partial charge in [-0.25, -0.2) is 4.98 Å². The Hall–Kier alpha value is -4.52. The van der Waals surface area contributed by atoms with Crippen LogP contribution in [0.3, 0.4) is 0 Å². The molecule has 0 saturated carbocycles. The first-order valence-electron chi connectivity index (χ1n) is 9.60. The van der Waals surface area contributed by atoms with Gasteiger partial charge in [-0.15, -0.1) is 0 Å². The number of nitro groups is 1. The van der Waals surface area contributed by atoms with Crippen molar-refractivity contribution in [2.45, 2.75) is 0 Å². The number of non-ortho nitro benzene ring substituents is 1. The van der Waals surface area contributed by atoms with Gasteiger partial charge in [-0.05, 0) is 36.4 Å². The van der Waals surface area contributed by atoms with Crippen molar-refractivity contribution in [3.8, 4) is 11.3 Å². The summed E-state index contributed by atoms with van der Waals surface area (Å²) < 4.78 is 5.81. The number of hydrogen-bond donors (Lipinski definition) is 1. The summed E-state index contributed by atoms with van der Waals surface area (Å²) in [5, 5.41) is 17.1. The zero-order valence-electron chi connectivity index (χ0n) is 16.2. The highest BCUT2D eigenvalue weighted by atomic mass is 16.6. The summed E-state index contributed by atoms with van der Waals surface area (Å²) >= 11 is 0. The van der Waals surface area contributed by atoms with Crippen LogP contribution in [-0.4, -0.2) is 16.1 Å². The standard InChI is InChI=1S/C24H16N4O3/c29-28(30)17-11-9-16(10-12-17)23-14-13-18(31-23)15-25-27-24-19-5-1-3-7-21(19)26-22-8-4-2-6-20(22)24/h1-15H,(H,26,27)/b25-15+. The Morgan fingerprint density at radius 3 is 2.16 bits per heavy atom. The van der Waals surface area contributed by atoms with E-state index in [1.807, 2.05) is 48.5 Å². The molecule has 7 nitrogen and oxygen atoms in total. The first-order valence-corrected chi connectivity index (χ1v) is 9.60. The monoisotopic (exact) mass is 408 g/mol. The number of aromatic nitrogens is 1. The second-order valence-electron chi connectivity index (χ2n) is 6.90. The molecule has 1 N–H and O–H groups in total. The van der Waals surface area contributed by atoms with E-state index in [0.29, 0.717) is 11.5 Å². The highest BCUT2D eigenvalue weighted by Gasteiger charge is 2.09.